The van der Waals surface area contributed by atoms with Gasteiger partial charge in [0.25, 0.3) is 0 Å². The van der Waals surface area contributed by atoms with Crippen molar-refractivity contribution in [1.82, 2.24) is 15.2 Å². The Labute approximate surface area is 157 Å². The largest absolute Gasteiger partial charge is 0.441 e. The maximum Gasteiger partial charge on any atom is 0.416 e. The minimum absolute atomic E-state index is 0.00863. The van der Waals surface area contributed by atoms with Crippen LogP contribution >= 0.6 is 11.6 Å². The van der Waals surface area contributed by atoms with E-state index in [1.807, 2.05) is 0 Å². The number of aromatic amines is 1. The summed E-state index contributed by atoms with van der Waals surface area (Å²) in [5.74, 6) is -1.32. The number of anilines is 1. The summed E-state index contributed by atoms with van der Waals surface area (Å²) in [4.78, 5) is 17.4. The molecule has 4 rings (SSSR count). The maximum atomic E-state index is 14.8. The second-order valence-electron chi connectivity index (χ2n) is 5.96. The Balaban J connectivity index is 1.55. The van der Waals surface area contributed by atoms with Gasteiger partial charge in [0.15, 0.2) is 11.6 Å². The van der Waals surface area contributed by atoms with Gasteiger partial charge in [-0.3, -0.25) is 15.0 Å². The van der Waals surface area contributed by atoms with Crippen molar-refractivity contribution in [2.75, 3.05) is 11.4 Å². The highest BCUT2D eigenvalue weighted by atomic mass is 35.5. The average molecular weight is 391 g/mol. The van der Waals surface area contributed by atoms with Crippen LogP contribution in [0.1, 0.15) is 18.1 Å². The molecule has 1 amide bonds. The molecule has 27 heavy (non-hydrogen) atoms. The number of halogens is 3. The first-order valence-electron chi connectivity index (χ1n) is 8.12. The molecule has 2 aromatic heterocycles. The van der Waals surface area contributed by atoms with Gasteiger partial charge in [0.05, 0.1) is 5.02 Å². The highest BCUT2D eigenvalue weighted by Crippen LogP contribution is 2.33. The fourth-order valence-corrected chi connectivity index (χ4v) is 3.05. The van der Waals surface area contributed by atoms with E-state index >= 15 is 0 Å². The molecule has 1 fully saturated rings. The third kappa shape index (κ3) is 3.23. The van der Waals surface area contributed by atoms with Gasteiger partial charge in [-0.15, -0.1) is 0 Å². The van der Waals surface area contributed by atoms with Gasteiger partial charge in [-0.2, -0.15) is 5.10 Å². The van der Waals surface area contributed by atoms with Crippen LogP contribution in [-0.2, 0) is 4.74 Å². The van der Waals surface area contributed by atoms with Crippen LogP contribution in [0.15, 0.2) is 42.7 Å². The van der Waals surface area contributed by atoms with Crippen LogP contribution in [0.3, 0.4) is 0 Å². The van der Waals surface area contributed by atoms with Crippen molar-refractivity contribution in [3.05, 3.63) is 64.9 Å². The third-order valence-corrected chi connectivity index (χ3v) is 4.61. The van der Waals surface area contributed by atoms with Crippen molar-refractivity contribution >= 4 is 23.5 Å². The molecule has 9 heteroatoms. The van der Waals surface area contributed by atoms with E-state index in [0.717, 1.165) is 4.90 Å². The summed E-state index contributed by atoms with van der Waals surface area (Å²) in [6.07, 6.45) is 2.02. The molecule has 0 bridgehead atoms. The Hall–Kier alpha value is -3.00. The molecule has 1 aromatic carbocycles. The van der Waals surface area contributed by atoms with Gasteiger partial charge in [-0.1, -0.05) is 17.7 Å². The number of hydrogen-bond acceptors (Lipinski definition) is 4. The number of ether oxygens (including phenoxy) is 1. The second kappa shape index (κ2) is 6.96. The van der Waals surface area contributed by atoms with Gasteiger partial charge in [-0.25, -0.2) is 13.6 Å². The first kappa shape index (κ1) is 17.4. The standard InChI is InChI=1S/C18H13ClF2N4O2/c19-12-2-1-11(9-13(12)20)14-5-8-25(18(26)27-14)17-15(21)16(23-24-17)10-3-6-22-7-4-10/h1-4,6-7,9,14H,5,8H2,(H,23,24). The highest BCUT2D eigenvalue weighted by Gasteiger charge is 2.33. The van der Waals surface area contributed by atoms with Crippen LogP contribution in [0, 0.1) is 11.6 Å². The Bertz CT molecular complexity index is 996. The number of carbonyl (C=O) groups excluding carboxylic acids is 1. The Morgan fingerprint density at radius 2 is 2.00 bits per heavy atom. The van der Waals surface area contributed by atoms with Crippen LogP contribution in [0.2, 0.25) is 5.02 Å². The van der Waals surface area contributed by atoms with E-state index in [1.165, 1.54) is 24.5 Å². The summed E-state index contributed by atoms with van der Waals surface area (Å²) < 4.78 is 33.8. The lowest BCUT2D eigenvalue weighted by atomic mass is 10.0. The molecule has 0 spiro atoms. The van der Waals surface area contributed by atoms with Gasteiger partial charge in [0, 0.05) is 30.9 Å². The molecule has 1 N–H and O–H groups in total. The molecule has 0 aliphatic carbocycles. The van der Waals surface area contributed by atoms with Crippen LogP contribution in [0.4, 0.5) is 19.4 Å². The molecule has 6 nitrogen and oxygen atoms in total. The van der Waals surface area contributed by atoms with Gasteiger partial charge in [0.2, 0.25) is 0 Å². The molecule has 1 atom stereocenters. The number of H-pyrrole nitrogens is 1. The van der Waals surface area contributed by atoms with E-state index in [2.05, 4.69) is 15.2 Å². The number of aromatic nitrogens is 3. The fraction of sp³-hybridized carbons (Fsp3) is 0.167. The van der Waals surface area contributed by atoms with Crippen molar-refractivity contribution in [3.8, 4) is 11.3 Å². The van der Waals surface area contributed by atoms with E-state index < -0.39 is 23.8 Å². The number of nitrogens with one attached hydrogen (secondary N) is 1. The Morgan fingerprint density at radius 3 is 2.70 bits per heavy atom. The summed E-state index contributed by atoms with van der Waals surface area (Å²) in [5, 5.41) is 6.49. The molecule has 138 valence electrons. The first-order valence-corrected chi connectivity index (χ1v) is 8.49. The van der Waals surface area contributed by atoms with Crippen LogP contribution < -0.4 is 4.90 Å². The second-order valence-corrected chi connectivity index (χ2v) is 6.36. The zero-order valence-corrected chi connectivity index (χ0v) is 14.6. The van der Waals surface area contributed by atoms with Crippen molar-refractivity contribution in [3.63, 3.8) is 0 Å². The molecule has 1 unspecified atom stereocenters. The summed E-state index contributed by atoms with van der Waals surface area (Å²) in [6, 6.07) is 7.46. The molecular weight excluding hydrogens is 378 g/mol. The zero-order valence-electron chi connectivity index (χ0n) is 13.8. The predicted octanol–water partition coefficient (Wildman–Crippen LogP) is 4.49. The number of pyridine rings is 1. The van der Waals surface area contributed by atoms with Gasteiger partial charge < -0.3 is 4.74 Å². The van der Waals surface area contributed by atoms with Crippen molar-refractivity contribution in [2.24, 2.45) is 0 Å². The Kier molecular flexibility index (Phi) is 4.49. The molecule has 3 aromatic rings. The maximum absolute atomic E-state index is 14.8. The van der Waals surface area contributed by atoms with E-state index in [4.69, 9.17) is 16.3 Å². The fourth-order valence-electron chi connectivity index (χ4n) is 2.93. The quantitative estimate of drug-likeness (QED) is 0.715. The molecule has 1 aliphatic heterocycles. The van der Waals surface area contributed by atoms with Gasteiger partial charge >= 0.3 is 6.09 Å². The highest BCUT2D eigenvalue weighted by molar-refractivity contribution is 6.30. The van der Waals surface area contributed by atoms with E-state index in [1.54, 1.807) is 18.2 Å². The minimum Gasteiger partial charge on any atom is -0.441 e. The third-order valence-electron chi connectivity index (χ3n) is 4.31. The smallest absolute Gasteiger partial charge is 0.416 e. The first-order chi connectivity index (χ1) is 13.0. The number of nitrogens with zero attached hydrogens (tertiary/aromatic N) is 3. The van der Waals surface area contributed by atoms with E-state index in [0.29, 0.717) is 17.5 Å². The zero-order chi connectivity index (χ0) is 19.0. The van der Waals surface area contributed by atoms with Crippen molar-refractivity contribution < 1.29 is 18.3 Å². The van der Waals surface area contributed by atoms with Crippen LogP contribution in [0.5, 0.6) is 0 Å². The molecule has 1 saturated heterocycles. The summed E-state index contributed by atoms with van der Waals surface area (Å²) in [6.45, 7) is 0.183. The number of cyclic esters (lactones) is 1. The predicted molar refractivity (Wildman–Crippen MR) is 94.4 cm³/mol. The number of benzene rings is 1. The molecule has 0 saturated carbocycles. The van der Waals surface area contributed by atoms with Gasteiger partial charge in [-0.05, 0) is 29.8 Å². The lowest BCUT2D eigenvalue weighted by molar-refractivity contribution is 0.0835. The summed E-state index contributed by atoms with van der Waals surface area (Å²) in [7, 11) is 0. The number of amides is 1. The molecule has 0 radical (unpaired) electrons. The Morgan fingerprint density at radius 1 is 1.22 bits per heavy atom. The summed E-state index contributed by atoms with van der Waals surface area (Å²) >= 11 is 5.67. The van der Waals surface area contributed by atoms with Crippen molar-refractivity contribution in [1.29, 1.82) is 0 Å². The minimum atomic E-state index is -0.745. The van der Waals surface area contributed by atoms with Crippen LogP contribution in [-0.4, -0.2) is 27.8 Å². The number of rotatable bonds is 3. The average Bonchev–Trinajstić information content (AvgIpc) is 3.06. The monoisotopic (exact) mass is 390 g/mol. The molecule has 3 heterocycles. The number of hydrogen-bond donors (Lipinski definition) is 1. The van der Waals surface area contributed by atoms with Gasteiger partial charge in [0.1, 0.15) is 17.6 Å². The summed E-state index contributed by atoms with van der Waals surface area (Å²) in [5.41, 5.74) is 1.11. The van der Waals surface area contributed by atoms with E-state index in [9.17, 15) is 13.6 Å². The number of carbonyl (C=O) groups is 1. The normalized spacial score (nSPS) is 17.1. The van der Waals surface area contributed by atoms with Crippen molar-refractivity contribution in [2.45, 2.75) is 12.5 Å². The lowest BCUT2D eigenvalue weighted by Gasteiger charge is -2.31. The SMILES string of the molecule is O=C1OC(c2ccc(Cl)c(F)c2)CCN1c1[nH]nc(-c2ccncc2)c1F. The molecular formula is C18H13ClF2N4O2. The topological polar surface area (TPSA) is 71.1 Å². The lowest BCUT2D eigenvalue weighted by Crippen LogP contribution is -2.39. The van der Waals surface area contributed by atoms with E-state index in [-0.39, 0.29) is 23.1 Å². The molecule has 1 aliphatic rings. The van der Waals surface area contributed by atoms with Crippen LogP contribution in [0.25, 0.3) is 11.3 Å².